The van der Waals surface area contributed by atoms with Crippen molar-refractivity contribution in [1.82, 2.24) is 20.4 Å². The first-order valence-electron chi connectivity index (χ1n) is 9.04. The van der Waals surface area contributed by atoms with Gasteiger partial charge in [0.25, 0.3) is 0 Å². The predicted octanol–water partition coefficient (Wildman–Crippen LogP) is 1.09. The van der Waals surface area contributed by atoms with Crippen LogP contribution in [-0.2, 0) is 17.9 Å². The van der Waals surface area contributed by atoms with Crippen molar-refractivity contribution >= 4 is 5.78 Å². The lowest BCUT2D eigenvalue weighted by Gasteiger charge is -2.34. The van der Waals surface area contributed by atoms with Crippen LogP contribution in [0.2, 0.25) is 0 Å². The van der Waals surface area contributed by atoms with Crippen LogP contribution in [0.5, 0.6) is 0 Å². The van der Waals surface area contributed by atoms with Crippen LogP contribution >= 0.6 is 0 Å². The van der Waals surface area contributed by atoms with Gasteiger partial charge in [-0.1, -0.05) is 24.3 Å². The molecule has 2 rings (SSSR count). The number of ketones is 1. The first-order chi connectivity index (χ1) is 11.7. The molecule has 1 heterocycles. The van der Waals surface area contributed by atoms with Crippen molar-refractivity contribution in [2.45, 2.75) is 25.9 Å². The molecule has 0 aromatic heterocycles. The molecule has 1 aromatic carbocycles. The van der Waals surface area contributed by atoms with E-state index in [1.54, 1.807) is 0 Å². The highest BCUT2D eigenvalue weighted by atomic mass is 16.1. The molecule has 5 nitrogen and oxygen atoms in total. The van der Waals surface area contributed by atoms with E-state index in [-0.39, 0.29) is 0 Å². The average Bonchev–Trinajstić information content (AvgIpc) is 2.59. The van der Waals surface area contributed by atoms with E-state index in [2.05, 4.69) is 44.7 Å². The fourth-order valence-corrected chi connectivity index (χ4v) is 3.18. The van der Waals surface area contributed by atoms with Gasteiger partial charge >= 0.3 is 0 Å². The third-order valence-corrected chi connectivity index (χ3v) is 4.58. The van der Waals surface area contributed by atoms with E-state index in [0.29, 0.717) is 18.7 Å². The number of carbonyl (C=O) groups excluding carboxylic acids is 1. The molecule has 0 amide bonds. The highest BCUT2D eigenvalue weighted by Gasteiger charge is 2.16. The van der Waals surface area contributed by atoms with E-state index in [1.165, 1.54) is 11.1 Å². The number of piperazine rings is 1. The molecule has 5 heteroatoms. The molecule has 1 fully saturated rings. The number of hydrogen-bond acceptors (Lipinski definition) is 5. The minimum absolute atomic E-state index is 0.317. The first-order valence-corrected chi connectivity index (χ1v) is 9.04. The molecule has 24 heavy (non-hydrogen) atoms. The summed E-state index contributed by atoms with van der Waals surface area (Å²) in [5, 5.41) is 6.10. The van der Waals surface area contributed by atoms with Crippen molar-refractivity contribution in [3.63, 3.8) is 0 Å². The van der Waals surface area contributed by atoms with Gasteiger partial charge in [-0.15, -0.1) is 0 Å². The van der Waals surface area contributed by atoms with Crippen molar-refractivity contribution < 1.29 is 4.79 Å². The quantitative estimate of drug-likeness (QED) is 0.672. The van der Waals surface area contributed by atoms with Crippen LogP contribution < -0.4 is 10.6 Å². The Balaban J connectivity index is 1.64. The maximum Gasteiger partial charge on any atom is 0.146 e. The summed E-state index contributed by atoms with van der Waals surface area (Å²) in [4.78, 5) is 16.5. The lowest BCUT2D eigenvalue weighted by Crippen LogP contribution is -2.46. The number of nitrogens with zero attached hydrogens (tertiary/aromatic N) is 2. The normalized spacial score (nSPS) is 16.4. The summed E-state index contributed by atoms with van der Waals surface area (Å²) in [6.07, 6.45) is 1.67. The summed E-state index contributed by atoms with van der Waals surface area (Å²) in [6.45, 7) is 7.95. The third-order valence-electron chi connectivity index (χ3n) is 4.58. The van der Waals surface area contributed by atoms with Crippen LogP contribution in [0, 0.1) is 0 Å². The Morgan fingerprint density at radius 2 is 1.58 bits per heavy atom. The van der Waals surface area contributed by atoms with E-state index in [0.717, 1.165) is 52.2 Å². The Morgan fingerprint density at radius 1 is 0.958 bits per heavy atom. The van der Waals surface area contributed by atoms with Gasteiger partial charge < -0.3 is 15.5 Å². The second kappa shape index (κ2) is 10.6. The number of nitrogens with one attached hydrogen (secondary N) is 2. The molecule has 134 valence electrons. The van der Waals surface area contributed by atoms with Crippen molar-refractivity contribution in [3.05, 3.63) is 35.4 Å². The van der Waals surface area contributed by atoms with Crippen LogP contribution in [-0.4, -0.2) is 68.9 Å². The second-order valence-corrected chi connectivity index (χ2v) is 6.64. The smallest absolute Gasteiger partial charge is 0.146 e. The van der Waals surface area contributed by atoms with E-state index < -0.39 is 0 Å². The molecule has 0 aliphatic carbocycles. The Hall–Kier alpha value is -1.27. The SMILES string of the molecule is CNCC(=O)CCCN1CCN(Cc2ccc(CNC)cc2)CC1. The fourth-order valence-electron chi connectivity index (χ4n) is 3.18. The zero-order valence-electron chi connectivity index (χ0n) is 15.2. The lowest BCUT2D eigenvalue weighted by molar-refractivity contribution is -0.118. The fraction of sp³-hybridized carbons (Fsp3) is 0.632. The maximum atomic E-state index is 11.5. The summed E-state index contributed by atoms with van der Waals surface area (Å²) in [5.74, 6) is 0.317. The third kappa shape index (κ3) is 6.69. The average molecular weight is 332 g/mol. The van der Waals surface area contributed by atoms with Crippen LogP contribution in [0.25, 0.3) is 0 Å². The van der Waals surface area contributed by atoms with Gasteiger partial charge in [-0.3, -0.25) is 9.69 Å². The maximum absolute atomic E-state index is 11.5. The molecular weight excluding hydrogens is 300 g/mol. The van der Waals surface area contributed by atoms with Gasteiger partial charge in [0.1, 0.15) is 5.78 Å². The topological polar surface area (TPSA) is 47.6 Å². The number of benzene rings is 1. The van der Waals surface area contributed by atoms with Crippen LogP contribution in [0.15, 0.2) is 24.3 Å². The Labute approximate surface area is 146 Å². The monoisotopic (exact) mass is 332 g/mol. The Kier molecular flexibility index (Phi) is 8.39. The van der Waals surface area contributed by atoms with E-state index in [4.69, 9.17) is 0 Å². The molecule has 0 atom stereocenters. The summed E-state index contributed by atoms with van der Waals surface area (Å²) >= 11 is 0. The molecular formula is C19H32N4O. The van der Waals surface area contributed by atoms with E-state index in [1.807, 2.05) is 14.1 Å². The molecule has 1 aromatic rings. The van der Waals surface area contributed by atoms with Crippen molar-refractivity contribution in [1.29, 1.82) is 0 Å². The number of carbonyl (C=O) groups is 1. The Morgan fingerprint density at radius 3 is 2.21 bits per heavy atom. The molecule has 0 bridgehead atoms. The highest BCUT2D eigenvalue weighted by Crippen LogP contribution is 2.11. The van der Waals surface area contributed by atoms with Crippen LogP contribution in [0.1, 0.15) is 24.0 Å². The number of Topliss-reactive ketones (excluding diaryl/α,β-unsaturated/α-hetero) is 1. The highest BCUT2D eigenvalue weighted by molar-refractivity contribution is 5.80. The van der Waals surface area contributed by atoms with Gasteiger partial charge in [0, 0.05) is 45.7 Å². The molecule has 1 aliphatic rings. The van der Waals surface area contributed by atoms with Gasteiger partial charge in [0.15, 0.2) is 0 Å². The zero-order chi connectivity index (χ0) is 17.2. The van der Waals surface area contributed by atoms with Gasteiger partial charge in [0.05, 0.1) is 6.54 Å². The largest absolute Gasteiger partial charge is 0.316 e. The summed E-state index contributed by atoms with van der Waals surface area (Å²) in [6, 6.07) is 8.91. The number of likely N-dealkylation sites (N-methyl/N-ethyl adjacent to an activating group) is 1. The Bertz CT molecular complexity index is 481. The van der Waals surface area contributed by atoms with Gasteiger partial charge in [0.2, 0.25) is 0 Å². The van der Waals surface area contributed by atoms with Crippen molar-refractivity contribution in [2.75, 3.05) is 53.4 Å². The zero-order valence-corrected chi connectivity index (χ0v) is 15.2. The van der Waals surface area contributed by atoms with Crippen LogP contribution in [0.3, 0.4) is 0 Å². The minimum Gasteiger partial charge on any atom is -0.316 e. The van der Waals surface area contributed by atoms with E-state index >= 15 is 0 Å². The molecule has 0 radical (unpaired) electrons. The molecule has 0 unspecified atom stereocenters. The summed E-state index contributed by atoms with van der Waals surface area (Å²) in [7, 11) is 3.80. The van der Waals surface area contributed by atoms with Crippen molar-refractivity contribution in [2.24, 2.45) is 0 Å². The minimum atomic E-state index is 0.317. The lowest BCUT2D eigenvalue weighted by atomic mass is 10.1. The number of hydrogen-bond donors (Lipinski definition) is 2. The summed E-state index contributed by atoms with van der Waals surface area (Å²) in [5.41, 5.74) is 2.72. The van der Waals surface area contributed by atoms with Gasteiger partial charge in [-0.05, 0) is 38.2 Å². The molecule has 0 spiro atoms. The molecule has 0 saturated carbocycles. The standard InChI is InChI=1S/C19H32N4O/c1-20-14-17-5-7-18(8-6-17)16-23-12-10-22(11-13-23)9-3-4-19(24)15-21-2/h5-8,20-21H,3-4,9-16H2,1-2H3. The van der Waals surface area contributed by atoms with Gasteiger partial charge in [-0.25, -0.2) is 0 Å². The first kappa shape index (κ1) is 19.1. The van der Waals surface area contributed by atoms with E-state index in [9.17, 15) is 4.79 Å². The molecule has 1 saturated heterocycles. The second-order valence-electron chi connectivity index (χ2n) is 6.64. The molecule has 2 N–H and O–H groups in total. The van der Waals surface area contributed by atoms with Gasteiger partial charge in [-0.2, -0.15) is 0 Å². The van der Waals surface area contributed by atoms with Crippen molar-refractivity contribution in [3.8, 4) is 0 Å². The predicted molar refractivity (Wildman–Crippen MR) is 99.1 cm³/mol. The van der Waals surface area contributed by atoms with Crippen LogP contribution in [0.4, 0.5) is 0 Å². The number of rotatable bonds is 10. The molecule has 1 aliphatic heterocycles. The summed E-state index contributed by atoms with van der Waals surface area (Å²) < 4.78 is 0.